The van der Waals surface area contributed by atoms with Crippen LogP contribution in [-0.2, 0) is 14.3 Å². The maximum absolute atomic E-state index is 13.9. The molecule has 0 spiro atoms. The van der Waals surface area contributed by atoms with E-state index in [0.29, 0.717) is 53.5 Å². The number of fused-ring (bicyclic) bond motifs is 1. The molecule has 0 radical (unpaired) electrons. The summed E-state index contributed by atoms with van der Waals surface area (Å²) in [6.45, 7) is 2.02. The summed E-state index contributed by atoms with van der Waals surface area (Å²) in [6.07, 6.45) is 1.64. The van der Waals surface area contributed by atoms with E-state index in [-0.39, 0.29) is 24.3 Å². The summed E-state index contributed by atoms with van der Waals surface area (Å²) in [6, 6.07) is 15.2. The first-order chi connectivity index (χ1) is 19.3. The number of thiazole rings is 1. The number of hydrogen-bond acceptors (Lipinski definition) is 8. The highest BCUT2D eigenvalue weighted by molar-refractivity contribution is 7.07. The van der Waals surface area contributed by atoms with Crippen molar-refractivity contribution in [2.75, 3.05) is 27.4 Å². The van der Waals surface area contributed by atoms with Crippen molar-refractivity contribution in [1.82, 2.24) is 4.57 Å². The Kier molecular flexibility index (Phi) is 8.27. The van der Waals surface area contributed by atoms with Crippen LogP contribution in [0.3, 0.4) is 0 Å². The second kappa shape index (κ2) is 11.9. The van der Waals surface area contributed by atoms with Crippen molar-refractivity contribution in [2.24, 2.45) is 4.99 Å². The summed E-state index contributed by atoms with van der Waals surface area (Å²) in [5.41, 5.74) is 1.62. The van der Waals surface area contributed by atoms with Crippen molar-refractivity contribution in [3.63, 3.8) is 0 Å². The smallest absolute Gasteiger partial charge is 0.338 e. The molecule has 1 aliphatic rings. The number of benzene rings is 2. The number of ether oxygens (including phenoxy) is 3. The Morgan fingerprint density at radius 2 is 1.90 bits per heavy atom. The Hall–Kier alpha value is -3.63. The monoisotopic (exact) mass is 598 g/mol. The Bertz CT molecular complexity index is 1800. The molecule has 40 heavy (non-hydrogen) atoms. The van der Waals surface area contributed by atoms with E-state index in [0.717, 1.165) is 0 Å². The van der Waals surface area contributed by atoms with Gasteiger partial charge in [0, 0.05) is 24.3 Å². The van der Waals surface area contributed by atoms with Gasteiger partial charge in [-0.1, -0.05) is 58.8 Å². The minimum absolute atomic E-state index is 0.0622. The molecular formula is C29H24Cl2N2O6S. The highest BCUT2D eigenvalue weighted by Crippen LogP contribution is 2.36. The van der Waals surface area contributed by atoms with Crippen molar-refractivity contribution < 1.29 is 23.4 Å². The van der Waals surface area contributed by atoms with Crippen molar-refractivity contribution in [3.05, 3.63) is 107 Å². The van der Waals surface area contributed by atoms with Crippen LogP contribution < -0.4 is 19.6 Å². The topological polar surface area (TPSA) is 92.3 Å². The molecule has 0 aliphatic carbocycles. The lowest BCUT2D eigenvalue weighted by molar-refractivity contribution is -0.140. The number of carbonyl (C=O) groups excluding carboxylic acids is 1. The number of methoxy groups -OCH3 is 2. The summed E-state index contributed by atoms with van der Waals surface area (Å²) in [5.74, 6) is 0.890. The van der Waals surface area contributed by atoms with Gasteiger partial charge in [0.1, 0.15) is 29.9 Å². The lowest BCUT2D eigenvalue weighted by Crippen LogP contribution is -2.40. The number of carbonyl (C=O) groups is 1. The van der Waals surface area contributed by atoms with Crippen molar-refractivity contribution in [2.45, 2.75) is 13.0 Å². The van der Waals surface area contributed by atoms with E-state index in [1.807, 2.05) is 18.2 Å². The van der Waals surface area contributed by atoms with E-state index in [9.17, 15) is 9.59 Å². The number of nitrogens with zero attached hydrogens (tertiary/aromatic N) is 2. The number of furan rings is 1. The zero-order valence-corrected chi connectivity index (χ0v) is 24.1. The molecule has 0 saturated heterocycles. The molecule has 1 atom stereocenters. The molecule has 8 nitrogen and oxygen atoms in total. The first-order valence-corrected chi connectivity index (χ1v) is 13.8. The van der Waals surface area contributed by atoms with E-state index in [1.54, 1.807) is 49.4 Å². The van der Waals surface area contributed by atoms with Gasteiger partial charge < -0.3 is 18.6 Å². The molecule has 5 rings (SSSR count). The number of para-hydroxylation sites is 1. The zero-order chi connectivity index (χ0) is 28.4. The lowest BCUT2D eigenvalue weighted by Gasteiger charge is -2.26. The van der Waals surface area contributed by atoms with Crippen LogP contribution in [0.1, 0.15) is 24.3 Å². The van der Waals surface area contributed by atoms with Crippen LogP contribution in [-0.4, -0.2) is 38.0 Å². The van der Waals surface area contributed by atoms with Gasteiger partial charge in [-0.25, -0.2) is 9.79 Å². The molecule has 206 valence electrons. The van der Waals surface area contributed by atoms with E-state index >= 15 is 0 Å². The lowest BCUT2D eigenvalue weighted by atomic mass is 9.95. The maximum Gasteiger partial charge on any atom is 0.338 e. The van der Waals surface area contributed by atoms with E-state index in [4.69, 9.17) is 41.8 Å². The average molecular weight is 599 g/mol. The predicted molar refractivity (Wildman–Crippen MR) is 154 cm³/mol. The Morgan fingerprint density at radius 3 is 2.67 bits per heavy atom. The number of halogens is 2. The molecule has 2 aromatic carbocycles. The number of aromatic nitrogens is 1. The van der Waals surface area contributed by atoms with Crippen LogP contribution in [0, 0.1) is 0 Å². The molecular weight excluding hydrogens is 575 g/mol. The first-order valence-electron chi connectivity index (χ1n) is 12.2. The van der Waals surface area contributed by atoms with Crippen LogP contribution in [0.25, 0.3) is 17.4 Å². The van der Waals surface area contributed by atoms with E-state index in [1.165, 1.54) is 30.1 Å². The third-order valence-electron chi connectivity index (χ3n) is 6.31. The Balaban J connectivity index is 1.63. The summed E-state index contributed by atoms with van der Waals surface area (Å²) >= 11 is 13.7. The summed E-state index contributed by atoms with van der Waals surface area (Å²) < 4.78 is 23.9. The van der Waals surface area contributed by atoms with Gasteiger partial charge in [0.25, 0.3) is 5.56 Å². The largest absolute Gasteiger partial charge is 0.496 e. The fourth-order valence-corrected chi connectivity index (χ4v) is 5.88. The number of rotatable bonds is 8. The summed E-state index contributed by atoms with van der Waals surface area (Å²) in [4.78, 5) is 32.2. The third-order valence-corrected chi connectivity index (χ3v) is 8.11. The fourth-order valence-electron chi connectivity index (χ4n) is 4.46. The average Bonchev–Trinajstić information content (AvgIpc) is 3.53. The highest BCUT2D eigenvalue weighted by atomic mass is 35.5. The molecule has 11 heteroatoms. The molecule has 0 saturated carbocycles. The van der Waals surface area contributed by atoms with Gasteiger partial charge in [0.2, 0.25) is 0 Å². The second-order valence-corrected chi connectivity index (χ2v) is 10.6. The number of esters is 1. The third kappa shape index (κ3) is 5.25. The minimum Gasteiger partial charge on any atom is -0.496 e. The van der Waals surface area contributed by atoms with Gasteiger partial charge in [0.05, 0.1) is 39.6 Å². The van der Waals surface area contributed by atoms with Gasteiger partial charge in [-0.2, -0.15) is 0 Å². The molecule has 2 aromatic heterocycles. The van der Waals surface area contributed by atoms with Crippen LogP contribution in [0.2, 0.25) is 10.0 Å². The molecule has 0 fully saturated rings. The normalized spacial score (nSPS) is 15.1. The highest BCUT2D eigenvalue weighted by Gasteiger charge is 2.35. The maximum atomic E-state index is 13.9. The van der Waals surface area contributed by atoms with E-state index < -0.39 is 12.0 Å². The zero-order valence-electron chi connectivity index (χ0n) is 21.8. The predicted octanol–water partition coefficient (Wildman–Crippen LogP) is 5.00. The van der Waals surface area contributed by atoms with Crippen LogP contribution in [0.4, 0.5) is 0 Å². The standard InChI is InChI=1S/C29H24Cl2N2O6S/c1-16-24(28(35)38-14-13-36-2)26(19-7-4-5-10-21(19)37-3)33-27(34)23(40-29(33)32-16)15-17-11-12-22(39-17)18-8-6-9-20(30)25(18)31/h4-12,15,26H,13-14H2,1-3H3. The summed E-state index contributed by atoms with van der Waals surface area (Å²) in [5, 5.41) is 0.787. The molecule has 3 heterocycles. The second-order valence-electron chi connectivity index (χ2n) is 8.76. The SMILES string of the molecule is COCCOC(=O)C1=C(C)N=c2sc(=Cc3ccc(-c4cccc(Cl)c4Cl)o3)c(=O)n2C1c1ccccc1OC. The fraction of sp³-hybridized carbons (Fsp3) is 0.207. The minimum atomic E-state index is -0.818. The molecule has 4 aromatic rings. The van der Waals surface area contributed by atoms with Gasteiger partial charge >= 0.3 is 5.97 Å². The number of hydrogen-bond donors (Lipinski definition) is 0. The molecule has 0 amide bonds. The van der Waals surface area contributed by atoms with Crippen molar-refractivity contribution in [1.29, 1.82) is 0 Å². The quantitative estimate of drug-likeness (QED) is 0.209. The van der Waals surface area contributed by atoms with Gasteiger partial charge in [-0.15, -0.1) is 0 Å². The number of allylic oxidation sites excluding steroid dienone is 1. The molecule has 1 unspecified atom stereocenters. The van der Waals surface area contributed by atoms with Crippen LogP contribution in [0.15, 0.2) is 80.1 Å². The van der Waals surface area contributed by atoms with Gasteiger partial charge in [-0.05, 0) is 37.3 Å². The van der Waals surface area contributed by atoms with Gasteiger partial charge in [-0.3, -0.25) is 9.36 Å². The summed E-state index contributed by atoms with van der Waals surface area (Å²) in [7, 11) is 3.06. The van der Waals surface area contributed by atoms with Crippen LogP contribution >= 0.6 is 34.5 Å². The van der Waals surface area contributed by atoms with Gasteiger partial charge in [0.15, 0.2) is 4.80 Å². The molecule has 1 aliphatic heterocycles. The van der Waals surface area contributed by atoms with Crippen molar-refractivity contribution in [3.8, 4) is 17.1 Å². The Labute approximate surface area is 243 Å². The molecule has 0 N–H and O–H groups in total. The van der Waals surface area contributed by atoms with E-state index in [2.05, 4.69) is 4.99 Å². The first kappa shape index (κ1) is 27.9. The Morgan fingerprint density at radius 1 is 1.10 bits per heavy atom. The van der Waals surface area contributed by atoms with Crippen molar-refractivity contribution >= 4 is 46.6 Å². The van der Waals surface area contributed by atoms with Crippen LogP contribution in [0.5, 0.6) is 5.75 Å². The molecule has 0 bridgehead atoms.